The molecule has 5 nitrogen and oxygen atoms in total. The molecule has 0 rings (SSSR count). The Bertz CT molecular complexity index is 279. The number of nitrogens with one attached hydrogen (secondary N) is 1. The Morgan fingerprint density at radius 2 is 1.83 bits per heavy atom. The average Bonchev–Trinajstić information content (AvgIpc) is 2.25. The third-order valence-electron chi connectivity index (χ3n) is 3.04. The maximum absolute atomic E-state index is 11.9. The number of aliphatic carboxylic acids is 1. The summed E-state index contributed by atoms with van der Waals surface area (Å²) in [5, 5.41) is 11.5. The van der Waals surface area contributed by atoms with E-state index in [0.717, 1.165) is 6.42 Å². The van der Waals surface area contributed by atoms with Crippen LogP contribution in [0.5, 0.6) is 0 Å². The molecule has 2 unspecified atom stereocenters. The predicted molar refractivity (Wildman–Crippen MR) is 71.5 cm³/mol. The summed E-state index contributed by atoms with van der Waals surface area (Å²) < 4.78 is 0. The average molecular weight is 258 g/mol. The molecule has 0 radical (unpaired) electrons. The van der Waals surface area contributed by atoms with Crippen LogP contribution in [0, 0.1) is 5.92 Å². The van der Waals surface area contributed by atoms with Crippen molar-refractivity contribution in [2.24, 2.45) is 5.92 Å². The second kappa shape index (κ2) is 7.95. The molecule has 2 amide bonds. The lowest BCUT2D eigenvalue weighted by molar-refractivity contribution is -0.137. The van der Waals surface area contributed by atoms with Gasteiger partial charge in [-0.15, -0.1) is 0 Å². The van der Waals surface area contributed by atoms with E-state index < -0.39 is 5.97 Å². The number of amides is 2. The fourth-order valence-corrected chi connectivity index (χ4v) is 1.83. The maximum Gasteiger partial charge on any atom is 0.317 e. The molecule has 0 aliphatic carbocycles. The van der Waals surface area contributed by atoms with Crippen molar-refractivity contribution in [1.29, 1.82) is 0 Å². The van der Waals surface area contributed by atoms with Gasteiger partial charge in [-0.2, -0.15) is 0 Å². The number of carbonyl (C=O) groups excluding carboxylic acids is 1. The predicted octanol–water partition coefficient (Wildman–Crippen LogP) is 2.32. The van der Waals surface area contributed by atoms with Gasteiger partial charge < -0.3 is 15.3 Å². The first-order valence-corrected chi connectivity index (χ1v) is 6.53. The molecule has 0 aliphatic heterocycles. The van der Waals surface area contributed by atoms with E-state index in [9.17, 15) is 9.59 Å². The minimum atomic E-state index is -0.889. The van der Waals surface area contributed by atoms with Crippen LogP contribution in [0.25, 0.3) is 0 Å². The molecule has 0 heterocycles. The molecule has 106 valence electrons. The van der Waals surface area contributed by atoms with Crippen LogP contribution in [0.1, 0.15) is 47.0 Å². The summed E-state index contributed by atoms with van der Waals surface area (Å²) in [4.78, 5) is 24.2. The van der Waals surface area contributed by atoms with E-state index in [2.05, 4.69) is 19.2 Å². The van der Waals surface area contributed by atoms with Crippen molar-refractivity contribution in [1.82, 2.24) is 10.2 Å². The van der Waals surface area contributed by atoms with Crippen molar-refractivity contribution in [3.05, 3.63) is 0 Å². The van der Waals surface area contributed by atoms with Gasteiger partial charge in [-0.05, 0) is 25.7 Å². The maximum atomic E-state index is 11.9. The Hall–Kier alpha value is -1.26. The van der Waals surface area contributed by atoms with Crippen LogP contribution in [-0.2, 0) is 4.79 Å². The highest BCUT2D eigenvalue weighted by Gasteiger charge is 2.20. The summed E-state index contributed by atoms with van der Waals surface area (Å²) in [7, 11) is 1.75. The van der Waals surface area contributed by atoms with Crippen LogP contribution in [0.3, 0.4) is 0 Å². The molecule has 2 atom stereocenters. The van der Waals surface area contributed by atoms with E-state index >= 15 is 0 Å². The van der Waals surface area contributed by atoms with Gasteiger partial charge in [0.2, 0.25) is 0 Å². The van der Waals surface area contributed by atoms with Gasteiger partial charge in [-0.3, -0.25) is 4.79 Å². The zero-order valence-corrected chi connectivity index (χ0v) is 12.1. The molecule has 0 aliphatic rings. The normalized spacial score (nSPS) is 14.1. The first kappa shape index (κ1) is 16.7. The standard InChI is InChI=1S/C13H26N2O3/c1-6-11(8-12(16)17)14-13(18)15(5)10(4)7-9(2)3/h9-11H,6-8H2,1-5H3,(H,14,18)(H,16,17). The largest absolute Gasteiger partial charge is 0.481 e. The highest BCUT2D eigenvalue weighted by Crippen LogP contribution is 2.10. The lowest BCUT2D eigenvalue weighted by Crippen LogP contribution is -2.47. The lowest BCUT2D eigenvalue weighted by Gasteiger charge is -2.28. The molecule has 0 aromatic rings. The number of nitrogens with zero attached hydrogens (tertiary/aromatic N) is 1. The van der Waals surface area contributed by atoms with Gasteiger partial charge in [0.25, 0.3) is 0 Å². The van der Waals surface area contributed by atoms with E-state index in [-0.39, 0.29) is 24.5 Å². The van der Waals surface area contributed by atoms with Gasteiger partial charge in [0.1, 0.15) is 0 Å². The molecular weight excluding hydrogens is 232 g/mol. The monoisotopic (exact) mass is 258 g/mol. The van der Waals surface area contributed by atoms with Crippen molar-refractivity contribution in [3.63, 3.8) is 0 Å². The van der Waals surface area contributed by atoms with Crippen LogP contribution >= 0.6 is 0 Å². The molecule has 0 aromatic heterocycles. The summed E-state index contributed by atoms with van der Waals surface area (Å²) in [6.45, 7) is 8.09. The molecule has 0 bridgehead atoms. The van der Waals surface area contributed by atoms with E-state index in [0.29, 0.717) is 12.3 Å². The van der Waals surface area contributed by atoms with Gasteiger partial charge >= 0.3 is 12.0 Å². The number of urea groups is 1. The van der Waals surface area contributed by atoms with E-state index in [1.165, 1.54) is 0 Å². The summed E-state index contributed by atoms with van der Waals surface area (Å²) in [6, 6.07) is -0.354. The number of hydrogen-bond donors (Lipinski definition) is 2. The molecule has 0 spiro atoms. The summed E-state index contributed by atoms with van der Waals surface area (Å²) in [5.74, 6) is -0.365. The van der Waals surface area contributed by atoms with Crippen LogP contribution in [0.4, 0.5) is 4.79 Å². The van der Waals surface area contributed by atoms with Gasteiger partial charge in [0.05, 0.1) is 6.42 Å². The number of rotatable bonds is 7. The van der Waals surface area contributed by atoms with E-state index in [4.69, 9.17) is 5.11 Å². The fourth-order valence-electron chi connectivity index (χ4n) is 1.83. The van der Waals surface area contributed by atoms with E-state index in [1.54, 1.807) is 11.9 Å². The van der Waals surface area contributed by atoms with Crippen molar-refractivity contribution in [3.8, 4) is 0 Å². The zero-order valence-electron chi connectivity index (χ0n) is 12.1. The Morgan fingerprint density at radius 3 is 2.22 bits per heavy atom. The van der Waals surface area contributed by atoms with Gasteiger partial charge in [0, 0.05) is 19.1 Å². The Balaban J connectivity index is 4.32. The van der Waals surface area contributed by atoms with Crippen LogP contribution in [0.15, 0.2) is 0 Å². The van der Waals surface area contributed by atoms with Crippen molar-refractivity contribution >= 4 is 12.0 Å². The highest BCUT2D eigenvalue weighted by molar-refractivity contribution is 5.75. The van der Waals surface area contributed by atoms with E-state index in [1.807, 2.05) is 13.8 Å². The molecule has 0 aromatic carbocycles. The Morgan fingerprint density at radius 1 is 1.28 bits per heavy atom. The lowest BCUT2D eigenvalue weighted by atomic mass is 10.0. The molecule has 0 saturated carbocycles. The molecule has 0 fully saturated rings. The van der Waals surface area contributed by atoms with Gasteiger partial charge in [-0.1, -0.05) is 20.8 Å². The zero-order chi connectivity index (χ0) is 14.3. The number of hydrogen-bond acceptors (Lipinski definition) is 2. The SMILES string of the molecule is CCC(CC(=O)O)NC(=O)N(C)C(C)CC(C)C. The van der Waals surface area contributed by atoms with Crippen molar-refractivity contribution < 1.29 is 14.7 Å². The molecule has 18 heavy (non-hydrogen) atoms. The summed E-state index contributed by atoms with van der Waals surface area (Å²) in [5.41, 5.74) is 0. The number of carboxylic acid groups (broad SMARTS) is 1. The minimum absolute atomic E-state index is 0.0331. The number of carboxylic acids is 1. The van der Waals surface area contributed by atoms with Crippen molar-refractivity contribution in [2.45, 2.75) is 59.0 Å². The van der Waals surface area contributed by atoms with Gasteiger partial charge in [-0.25, -0.2) is 4.79 Å². The van der Waals surface area contributed by atoms with Gasteiger partial charge in [0.15, 0.2) is 0 Å². The summed E-state index contributed by atoms with van der Waals surface area (Å²) >= 11 is 0. The third-order valence-corrected chi connectivity index (χ3v) is 3.04. The molecule has 0 saturated heterocycles. The Labute approximate surface area is 110 Å². The minimum Gasteiger partial charge on any atom is -0.481 e. The van der Waals surface area contributed by atoms with Crippen LogP contribution < -0.4 is 5.32 Å². The fraction of sp³-hybridized carbons (Fsp3) is 0.846. The highest BCUT2D eigenvalue weighted by atomic mass is 16.4. The first-order valence-electron chi connectivity index (χ1n) is 6.53. The quantitative estimate of drug-likeness (QED) is 0.736. The third kappa shape index (κ3) is 6.47. The topological polar surface area (TPSA) is 69.6 Å². The van der Waals surface area contributed by atoms with Crippen LogP contribution in [0.2, 0.25) is 0 Å². The van der Waals surface area contributed by atoms with Crippen LogP contribution in [-0.4, -0.2) is 41.1 Å². The number of carbonyl (C=O) groups is 2. The smallest absolute Gasteiger partial charge is 0.317 e. The molecular formula is C13H26N2O3. The van der Waals surface area contributed by atoms with Crippen molar-refractivity contribution in [2.75, 3.05) is 7.05 Å². The second-order valence-electron chi connectivity index (χ2n) is 5.24. The molecule has 5 heteroatoms. The second-order valence-corrected chi connectivity index (χ2v) is 5.24. The summed E-state index contributed by atoms with van der Waals surface area (Å²) in [6.07, 6.45) is 1.51. The Kier molecular flexibility index (Phi) is 7.39. The first-order chi connectivity index (χ1) is 8.27. The molecule has 2 N–H and O–H groups in total.